The van der Waals surface area contributed by atoms with E-state index >= 15 is 0 Å². The van der Waals surface area contributed by atoms with Crippen LogP contribution in [0.3, 0.4) is 0 Å². The highest BCUT2D eigenvalue weighted by Crippen LogP contribution is 2.26. The second-order valence-corrected chi connectivity index (χ2v) is 6.71. The van der Waals surface area contributed by atoms with E-state index in [2.05, 4.69) is 53.9 Å². The second-order valence-electron chi connectivity index (χ2n) is 5.84. The summed E-state index contributed by atoms with van der Waals surface area (Å²) in [5.74, 6) is 1.04. The minimum absolute atomic E-state index is 0.213. The van der Waals surface area contributed by atoms with Crippen LogP contribution >= 0.6 is 11.3 Å². The normalized spacial score (nSPS) is 12.0. The zero-order chi connectivity index (χ0) is 15.4. The van der Waals surface area contributed by atoms with Crippen molar-refractivity contribution < 1.29 is 5.11 Å². The number of imidazole rings is 1. The third-order valence-corrected chi connectivity index (χ3v) is 4.23. The summed E-state index contributed by atoms with van der Waals surface area (Å²) in [6.07, 6.45) is 2.85. The molecule has 0 spiro atoms. The molecule has 0 saturated carbocycles. The summed E-state index contributed by atoms with van der Waals surface area (Å²) >= 11 is 1.66. The first-order chi connectivity index (χ1) is 10.0. The quantitative estimate of drug-likeness (QED) is 0.786. The fourth-order valence-electron chi connectivity index (χ4n) is 2.37. The molecule has 2 aromatic rings. The maximum atomic E-state index is 9.13. The number of thiazole rings is 1. The molecule has 118 valence electrons. The minimum Gasteiger partial charge on any atom is -0.396 e. The van der Waals surface area contributed by atoms with Crippen molar-refractivity contribution in [3.8, 4) is 0 Å². The number of fused-ring (bicyclic) bond motifs is 1. The van der Waals surface area contributed by atoms with Crippen LogP contribution in [-0.2, 0) is 6.54 Å². The van der Waals surface area contributed by atoms with Gasteiger partial charge in [-0.25, -0.2) is 4.98 Å². The Bertz CT molecular complexity index is 561. The van der Waals surface area contributed by atoms with Gasteiger partial charge in [-0.05, 0) is 20.3 Å². The fraction of sp³-hybridized carbons (Fsp3) is 0.667. The molecule has 0 fully saturated rings. The van der Waals surface area contributed by atoms with Crippen LogP contribution in [0, 0.1) is 0 Å². The molecule has 0 saturated heterocycles. The number of hydrogen-bond acceptors (Lipinski definition) is 5. The molecule has 0 aliphatic heterocycles. The number of aliphatic hydroxyl groups excluding tert-OH is 1. The summed E-state index contributed by atoms with van der Waals surface area (Å²) < 4.78 is 2.17. The van der Waals surface area contributed by atoms with Crippen molar-refractivity contribution >= 4 is 22.1 Å². The van der Waals surface area contributed by atoms with Gasteiger partial charge in [0.1, 0.15) is 0 Å². The first kappa shape index (κ1) is 16.3. The topological polar surface area (TPSA) is 52.8 Å². The van der Waals surface area contributed by atoms with Gasteiger partial charge in [-0.1, -0.05) is 13.8 Å². The average molecular weight is 310 g/mol. The van der Waals surface area contributed by atoms with Crippen molar-refractivity contribution in [1.29, 1.82) is 0 Å². The first-order valence-corrected chi connectivity index (χ1v) is 8.47. The van der Waals surface area contributed by atoms with Crippen molar-refractivity contribution in [3.63, 3.8) is 0 Å². The smallest absolute Gasteiger partial charge is 0.195 e. The van der Waals surface area contributed by atoms with E-state index in [-0.39, 0.29) is 6.61 Å². The molecule has 2 aromatic heterocycles. The molecule has 5 nitrogen and oxygen atoms in total. The first-order valence-electron chi connectivity index (χ1n) is 7.60. The van der Waals surface area contributed by atoms with E-state index in [0.29, 0.717) is 12.1 Å². The van der Waals surface area contributed by atoms with Crippen LogP contribution < -0.4 is 10.2 Å². The van der Waals surface area contributed by atoms with Gasteiger partial charge < -0.3 is 15.3 Å². The Hall–Kier alpha value is -1.11. The zero-order valence-electron chi connectivity index (χ0n) is 13.3. The van der Waals surface area contributed by atoms with E-state index < -0.39 is 0 Å². The molecule has 0 radical (unpaired) electrons. The molecule has 2 N–H and O–H groups in total. The number of nitrogens with one attached hydrogen (secondary N) is 1. The molecular weight excluding hydrogens is 284 g/mol. The van der Waals surface area contributed by atoms with Gasteiger partial charge in [0.05, 0.1) is 5.69 Å². The van der Waals surface area contributed by atoms with Gasteiger partial charge in [0.15, 0.2) is 10.8 Å². The van der Waals surface area contributed by atoms with Gasteiger partial charge in [-0.3, -0.25) is 4.40 Å². The SMILES string of the molecule is CC(C)NCc1c(N(CCCO)C(C)C)nc2sccn12. The maximum Gasteiger partial charge on any atom is 0.195 e. The van der Waals surface area contributed by atoms with Crippen LogP contribution in [-0.4, -0.2) is 39.7 Å². The number of aliphatic hydroxyl groups is 1. The Morgan fingerprint density at radius 3 is 2.76 bits per heavy atom. The zero-order valence-corrected chi connectivity index (χ0v) is 14.2. The van der Waals surface area contributed by atoms with Crippen molar-refractivity contribution in [3.05, 3.63) is 17.3 Å². The standard InChI is InChI=1S/C15H26N4OS/c1-11(2)16-10-13-14(17-15-19(13)7-9-21-15)18(12(3)4)6-5-8-20/h7,9,11-12,16,20H,5-6,8,10H2,1-4H3. The van der Waals surface area contributed by atoms with Gasteiger partial charge in [0.25, 0.3) is 0 Å². The monoisotopic (exact) mass is 310 g/mol. The number of rotatable bonds is 8. The largest absolute Gasteiger partial charge is 0.396 e. The lowest BCUT2D eigenvalue weighted by Gasteiger charge is -2.28. The van der Waals surface area contributed by atoms with E-state index in [0.717, 1.165) is 30.3 Å². The molecule has 0 aliphatic carbocycles. The number of nitrogens with zero attached hydrogens (tertiary/aromatic N) is 3. The molecule has 2 heterocycles. The Labute approximate surface area is 130 Å². The van der Waals surface area contributed by atoms with E-state index in [9.17, 15) is 0 Å². The highest BCUT2D eigenvalue weighted by molar-refractivity contribution is 7.15. The Kier molecular flexibility index (Phi) is 5.61. The lowest BCUT2D eigenvalue weighted by Crippen LogP contribution is -2.34. The predicted molar refractivity (Wildman–Crippen MR) is 89.2 cm³/mol. The molecule has 0 atom stereocenters. The summed E-state index contributed by atoms with van der Waals surface area (Å²) in [6, 6.07) is 0.797. The van der Waals surface area contributed by atoms with E-state index in [1.54, 1.807) is 11.3 Å². The van der Waals surface area contributed by atoms with Crippen molar-refractivity contribution in [2.75, 3.05) is 18.1 Å². The van der Waals surface area contributed by atoms with Gasteiger partial charge in [-0.15, -0.1) is 11.3 Å². The molecule has 0 aromatic carbocycles. The van der Waals surface area contributed by atoms with Crippen LogP contribution in [0.1, 0.15) is 39.8 Å². The lowest BCUT2D eigenvalue weighted by molar-refractivity contribution is 0.288. The summed E-state index contributed by atoms with van der Waals surface area (Å²) in [5, 5.41) is 14.7. The summed E-state index contributed by atoms with van der Waals surface area (Å²) in [5.41, 5.74) is 1.20. The molecule has 6 heteroatoms. The molecule has 0 amide bonds. The van der Waals surface area contributed by atoms with Crippen LogP contribution in [0.5, 0.6) is 0 Å². The Morgan fingerprint density at radius 2 is 2.14 bits per heavy atom. The highest BCUT2D eigenvalue weighted by atomic mass is 32.1. The van der Waals surface area contributed by atoms with Crippen molar-refractivity contribution in [2.24, 2.45) is 0 Å². The van der Waals surface area contributed by atoms with Crippen LogP contribution in [0.2, 0.25) is 0 Å². The molecule has 0 bridgehead atoms. The fourth-order valence-corrected chi connectivity index (χ4v) is 3.09. The van der Waals surface area contributed by atoms with Gasteiger partial charge in [-0.2, -0.15) is 0 Å². The number of hydrogen-bond donors (Lipinski definition) is 2. The summed E-state index contributed by atoms with van der Waals surface area (Å²) in [6.45, 7) is 10.5. The molecule has 2 rings (SSSR count). The highest BCUT2D eigenvalue weighted by Gasteiger charge is 2.20. The lowest BCUT2D eigenvalue weighted by atomic mass is 10.2. The third kappa shape index (κ3) is 3.75. The molecular formula is C15H26N4OS. The predicted octanol–water partition coefficient (Wildman–Crippen LogP) is 2.49. The Morgan fingerprint density at radius 1 is 1.38 bits per heavy atom. The second kappa shape index (κ2) is 7.24. The van der Waals surface area contributed by atoms with Crippen LogP contribution in [0.15, 0.2) is 11.6 Å². The molecule has 21 heavy (non-hydrogen) atoms. The van der Waals surface area contributed by atoms with Crippen LogP contribution in [0.4, 0.5) is 5.82 Å². The van der Waals surface area contributed by atoms with Gasteiger partial charge in [0.2, 0.25) is 0 Å². The summed E-state index contributed by atoms with van der Waals surface area (Å²) in [7, 11) is 0. The number of anilines is 1. The van der Waals surface area contributed by atoms with Crippen LogP contribution in [0.25, 0.3) is 4.96 Å². The van der Waals surface area contributed by atoms with Crippen molar-refractivity contribution in [1.82, 2.24) is 14.7 Å². The summed E-state index contributed by atoms with van der Waals surface area (Å²) in [4.78, 5) is 8.12. The average Bonchev–Trinajstić information content (AvgIpc) is 2.97. The van der Waals surface area contributed by atoms with E-state index in [1.165, 1.54) is 5.69 Å². The molecule has 0 aliphatic rings. The van der Waals surface area contributed by atoms with Gasteiger partial charge in [0, 0.05) is 43.4 Å². The van der Waals surface area contributed by atoms with Gasteiger partial charge >= 0.3 is 0 Å². The molecule has 0 unspecified atom stereocenters. The van der Waals surface area contributed by atoms with E-state index in [1.807, 2.05) is 0 Å². The minimum atomic E-state index is 0.213. The number of aromatic nitrogens is 2. The van der Waals surface area contributed by atoms with E-state index in [4.69, 9.17) is 10.1 Å². The Balaban J connectivity index is 2.35. The third-order valence-electron chi connectivity index (χ3n) is 3.47. The van der Waals surface area contributed by atoms with Crippen molar-refractivity contribution in [2.45, 2.75) is 52.7 Å². The maximum absolute atomic E-state index is 9.13.